The highest BCUT2D eigenvalue weighted by atomic mass is 15.1. The van der Waals surface area contributed by atoms with Gasteiger partial charge in [-0.25, -0.2) is 0 Å². The third-order valence-corrected chi connectivity index (χ3v) is 13.2. The highest BCUT2D eigenvalue weighted by Crippen LogP contribution is 2.53. The van der Waals surface area contributed by atoms with Crippen LogP contribution in [0.15, 0.2) is 133 Å². The van der Waals surface area contributed by atoms with Gasteiger partial charge in [0.2, 0.25) is 0 Å². The van der Waals surface area contributed by atoms with E-state index in [1.807, 2.05) is 0 Å². The van der Waals surface area contributed by atoms with Gasteiger partial charge in [0, 0.05) is 38.9 Å². The molecule has 0 N–H and O–H groups in total. The van der Waals surface area contributed by atoms with E-state index in [4.69, 9.17) is 0 Å². The van der Waals surface area contributed by atoms with E-state index in [-0.39, 0.29) is 5.41 Å². The molecule has 3 aliphatic carbocycles. The molecule has 3 aliphatic rings. The predicted molar refractivity (Wildman–Crippen MR) is 225 cm³/mol. The zero-order chi connectivity index (χ0) is 35.5. The molecule has 0 amide bonds. The van der Waals surface area contributed by atoms with Crippen LogP contribution in [0.2, 0.25) is 0 Å². The number of aromatic nitrogens is 1. The van der Waals surface area contributed by atoms with Crippen molar-refractivity contribution in [1.82, 2.24) is 4.57 Å². The molecule has 2 nitrogen and oxygen atoms in total. The fourth-order valence-corrected chi connectivity index (χ4v) is 10.3. The Morgan fingerprint density at radius 3 is 1.64 bits per heavy atom. The van der Waals surface area contributed by atoms with Crippen LogP contribution in [-0.2, 0) is 5.41 Å². The number of fused-ring (bicyclic) bond motifs is 6. The summed E-state index contributed by atoms with van der Waals surface area (Å²) in [6, 6.07) is 51.1. The second-order valence-electron chi connectivity index (χ2n) is 16.6. The number of hydrogen-bond acceptors (Lipinski definition) is 1. The Balaban J connectivity index is 1.09. The largest absolute Gasteiger partial charge is 0.310 e. The average Bonchev–Trinajstić information content (AvgIpc) is 3.66. The van der Waals surface area contributed by atoms with Crippen molar-refractivity contribution in [2.75, 3.05) is 4.90 Å². The lowest BCUT2D eigenvalue weighted by Crippen LogP contribution is -2.17. The van der Waals surface area contributed by atoms with Gasteiger partial charge >= 0.3 is 0 Å². The molecule has 264 valence electrons. The summed E-state index contributed by atoms with van der Waals surface area (Å²) in [6.07, 6.45) is 13.5. The third-order valence-electron chi connectivity index (χ3n) is 13.2. The van der Waals surface area contributed by atoms with E-state index in [0.29, 0.717) is 11.8 Å². The maximum absolute atomic E-state index is 2.50. The van der Waals surface area contributed by atoms with E-state index < -0.39 is 0 Å². The molecule has 1 heterocycles. The predicted octanol–water partition coefficient (Wildman–Crippen LogP) is 14.7. The zero-order valence-corrected chi connectivity index (χ0v) is 31.3. The van der Waals surface area contributed by atoms with Gasteiger partial charge < -0.3 is 9.47 Å². The van der Waals surface area contributed by atoms with Gasteiger partial charge in [0.25, 0.3) is 0 Å². The smallest absolute Gasteiger partial charge is 0.0544 e. The van der Waals surface area contributed by atoms with E-state index in [1.54, 1.807) is 0 Å². The number of benzene rings is 6. The lowest BCUT2D eigenvalue weighted by atomic mass is 9.82. The molecule has 0 atom stereocenters. The Kier molecular flexibility index (Phi) is 8.05. The topological polar surface area (TPSA) is 8.17 Å². The molecular formula is C51H50N2. The van der Waals surface area contributed by atoms with Crippen LogP contribution in [0.5, 0.6) is 0 Å². The van der Waals surface area contributed by atoms with Crippen molar-refractivity contribution in [3.8, 4) is 16.8 Å². The highest BCUT2D eigenvalue weighted by molar-refractivity contribution is 6.11. The van der Waals surface area contributed by atoms with Gasteiger partial charge in [-0.1, -0.05) is 119 Å². The minimum atomic E-state index is -0.159. The number of nitrogens with zero attached hydrogens (tertiary/aromatic N) is 2. The second kappa shape index (κ2) is 13.1. The summed E-state index contributed by atoms with van der Waals surface area (Å²) in [4.78, 5) is 2.50. The minimum Gasteiger partial charge on any atom is -0.310 e. The number of para-hydroxylation sites is 2. The van der Waals surface area contributed by atoms with Gasteiger partial charge in [0.1, 0.15) is 0 Å². The van der Waals surface area contributed by atoms with Crippen molar-refractivity contribution >= 4 is 38.9 Å². The molecule has 2 heteroatoms. The molecule has 2 fully saturated rings. The molecular weight excluding hydrogens is 641 g/mol. The lowest BCUT2D eigenvalue weighted by Gasteiger charge is -2.29. The second-order valence-corrected chi connectivity index (χ2v) is 16.6. The van der Waals surface area contributed by atoms with Crippen LogP contribution in [0.25, 0.3) is 38.6 Å². The van der Waals surface area contributed by atoms with Crippen molar-refractivity contribution in [2.45, 2.75) is 95.3 Å². The van der Waals surface area contributed by atoms with Gasteiger partial charge in [-0.2, -0.15) is 0 Å². The van der Waals surface area contributed by atoms with E-state index in [0.717, 1.165) is 0 Å². The van der Waals surface area contributed by atoms with Gasteiger partial charge in [-0.3, -0.25) is 0 Å². The Hall–Kier alpha value is -5.08. The quantitative estimate of drug-likeness (QED) is 0.169. The van der Waals surface area contributed by atoms with Crippen LogP contribution in [0.3, 0.4) is 0 Å². The normalized spacial score (nSPS) is 17.2. The van der Waals surface area contributed by atoms with Crippen molar-refractivity contribution < 1.29 is 0 Å². The summed E-state index contributed by atoms with van der Waals surface area (Å²) in [5.41, 5.74) is 15.8. The van der Waals surface area contributed by atoms with E-state index in [2.05, 4.69) is 157 Å². The summed E-state index contributed by atoms with van der Waals surface area (Å²) in [7, 11) is 0. The molecule has 7 aromatic rings. The number of rotatable bonds is 6. The molecule has 0 radical (unpaired) electrons. The molecule has 0 bridgehead atoms. The molecule has 0 spiro atoms. The maximum Gasteiger partial charge on any atom is 0.0544 e. The standard InChI is InChI=1S/C51H50N2/c1-51(2)47-32-42(30-31-43(47)45-33-46-44-20-12-13-21-49(44)53(50(46)34-48(45)51)39-18-10-5-11-19-39)52(40-26-22-37(23-27-40)35-14-6-3-7-15-35)41-28-24-38(25-29-41)36-16-8-4-9-17-36/h5,10-13,18-36H,3-4,6-9,14-17H2,1-2H3. The number of anilines is 3. The van der Waals surface area contributed by atoms with Gasteiger partial charge in [0.15, 0.2) is 0 Å². The van der Waals surface area contributed by atoms with Crippen LogP contribution in [0, 0.1) is 0 Å². The zero-order valence-electron chi connectivity index (χ0n) is 31.3. The van der Waals surface area contributed by atoms with Gasteiger partial charge in [-0.05, 0) is 138 Å². The van der Waals surface area contributed by atoms with Gasteiger partial charge in [0.05, 0.1) is 11.0 Å². The lowest BCUT2D eigenvalue weighted by molar-refractivity contribution is 0.443. The molecule has 0 unspecified atom stereocenters. The minimum absolute atomic E-state index is 0.159. The molecule has 2 saturated carbocycles. The summed E-state index contributed by atoms with van der Waals surface area (Å²) in [6.45, 7) is 4.84. The van der Waals surface area contributed by atoms with Crippen LogP contribution in [0.1, 0.15) is 112 Å². The Bertz CT molecular complexity index is 2360. The molecule has 0 aliphatic heterocycles. The van der Waals surface area contributed by atoms with Gasteiger partial charge in [-0.15, -0.1) is 0 Å². The third kappa shape index (κ3) is 5.52. The first-order valence-electron chi connectivity index (χ1n) is 20.3. The first-order chi connectivity index (χ1) is 26.0. The first kappa shape index (κ1) is 32.6. The first-order valence-corrected chi connectivity index (χ1v) is 20.3. The summed E-state index contributed by atoms with van der Waals surface area (Å²) >= 11 is 0. The highest BCUT2D eigenvalue weighted by Gasteiger charge is 2.37. The number of hydrogen-bond donors (Lipinski definition) is 0. The van der Waals surface area contributed by atoms with Crippen molar-refractivity contribution in [2.24, 2.45) is 0 Å². The van der Waals surface area contributed by atoms with Crippen LogP contribution in [-0.4, -0.2) is 4.57 Å². The molecule has 1 aromatic heterocycles. The van der Waals surface area contributed by atoms with Crippen LogP contribution in [0.4, 0.5) is 17.1 Å². The SMILES string of the molecule is CC1(C)c2cc(N(c3ccc(C4CCCCC4)cc3)c3ccc(C4CCCCC4)cc3)ccc2-c2cc3c4ccccc4n(-c4ccccc4)c3cc21. The molecule has 53 heavy (non-hydrogen) atoms. The summed E-state index contributed by atoms with van der Waals surface area (Å²) in [5, 5.41) is 2.62. The van der Waals surface area contributed by atoms with Crippen molar-refractivity contribution in [1.29, 1.82) is 0 Å². The molecule has 0 saturated heterocycles. The van der Waals surface area contributed by atoms with Crippen LogP contribution >= 0.6 is 0 Å². The Morgan fingerprint density at radius 1 is 0.472 bits per heavy atom. The fraction of sp³-hybridized carbons (Fsp3) is 0.294. The summed E-state index contributed by atoms with van der Waals surface area (Å²) in [5.74, 6) is 1.40. The fourth-order valence-electron chi connectivity index (χ4n) is 10.3. The van der Waals surface area contributed by atoms with Crippen molar-refractivity contribution in [3.63, 3.8) is 0 Å². The Morgan fingerprint density at radius 2 is 1.02 bits per heavy atom. The van der Waals surface area contributed by atoms with Crippen molar-refractivity contribution in [3.05, 3.63) is 156 Å². The monoisotopic (exact) mass is 690 g/mol. The molecule has 10 rings (SSSR count). The average molecular weight is 691 g/mol. The van der Waals surface area contributed by atoms with E-state index >= 15 is 0 Å². The van der Waals surface area contributed by atoms with Crippen LogP contribution < -0.4 is 4.90 Å². The Labute approximate surface area is 315 Å². The maximum atomic E-state index is 2.50. The van der Waals surface area contributed by atoms with E-state index in [1.165, 1.54) is 142 Å². The summed E-state index contributed by atoms with van der Waals surface area (Å²) < 4.78 is 2.45. The molecule has 6 aromatic carbocycles. The van der Waals surface area contributed by atoms with E-state index in [9.17, 15) is 0 Å².